The summed E-state index contributed by atoms with van der Waals surface area (Å²) in [4.78, 5) is 17.3. The quantitative estimate of drug-likeness (QED) is 0.869. The first-order valence-electron chi connectivity index (χ1n) is 6.60. The van der Waals surface area contributed by atoms with Crippen molar-refractivity contribution in [2.24, 2.45) is 5.41 Å². The van der Waals surface area contributed by atoms with E-state index < -0.39 is 5.97 Å². The van der Waals surface area contributed by atoms with E-state index in [9.17, 15) is 4.79 Å². The van der Waals surface area contributed by atoms with Crippen LogP contribution < -0.4 is 5.32 Å². The van der Waals surface area contributed by atoms with E-state index in [1.807, 2.05) is 0 Å². The molecule has 104 valence electrons. The molecule has 0 radical (unpaired) electrons. The first-order valence-corrected chi connectivity index (χ1v) is 6.60. The van der Waals surface area contributed by atoms with E-state index in [1.165, 1.54) is 6.20 Å². The fourth-order valence-electron chi connectivity index (χ4n) is 2.36. The van der Waals surface area contributed by atoms with Gasteiger partial charge in [0.05, 0.1) is 5.69 Å². The first-order chi connectivity index (χ1) is 9.00. The molecule has 1 aromatic rings. The Morgan fingerprint density at radius 3 is 2.84 bits per heavy atom. The molecule has 2 N–H and O–H groups in total. The predicted molar refractivity (Wildman–Crippen MR) is 74.5 cm³/mol. The summed E-state index contributed by atoms with van der Waals surface area (Å²) in [6, 6.07) is 1.72. The van der Waals surface area contributed by atoms with Crippen LogP contribution in [0.25, 0.3) is 0 Å². The molecule has 2 rings (SSSR count). The molecule has 1 fully saturated rings. The Labute approximate surface area is 113 Å². The molecule has 0 bridgehead atoms. The SMILES string of the molecule is CN1CCC(C)(CNc2ccncc2C(=O)O)CC1. The monoisotopic (exact) mass is 263 g/mol. The molecule has 5 heteroatoms. The third-order valence-corrected chi connectivity index (χ3v) is 3.95. The molecule has 1 aliphatic heterocycles. The van der Waals surface area contributed by atoms with Crippen molar-refractivity contribution in [1.82, 2.24) is 9.88 Å². The highest BCUT2D eigenvalue weighted by atomic mass is 16.4. The second kappa shape index (κ2) is 5.57. The van der Waals surface area contributed by atoms with Gasteiger partial charge in [-0.1, -0.05) is 6.92 Å². The third kappa shape index (κ3) is 3.44. The standard InChI is InChI=1S/C14H21N3O2/c1-14(4-7-17(2)8-5-14)10-16-12-3-6-15-9-11(12)13(18)19/h3,6,9H,4-5,7-8,10H2,1-2H3,(H,15,16)(H,18,19). The van der Waals surface area contributed by atoms with Crippen LogP contribution in [-0.2, 0) is 0 Å². The molecule has 1 aromatic heterocycles. The zero-order valence-corrected chi connectivity index (χ0v) is 11.5. The van der Waals surface area contributed by atoms with Crippen molar-refractivity contribution >= 4 is 11.7 Å². The minimum Gasteiger partial charge on any atom is -0.478 e. The number of likely N-dealkylation sites (tertiary alicyclic amines) is 1. The van der Waals surface area contributed by atoms with Crippen LogP contribution in [0.2, 0.25) is 0 Å². The lowest BCUT2D eigenvalue weighted by Crippen LogP contribution is -2.40. The largest absolute Gasteiger partial charge is 0.478 e. The number of aromatic nitrogens is 1. The predicted octanol–water partition coefficient (Wildman–Crippen LogP) is 1.92. The van der Waals surface area contributed by atoms with E-state index in [0.29, 0.717) is 5.69 Å². The van der Waals surface area contributed by atoms with Crippen LogP contribution in [0.1, 0.15) is 30.1 Å². The minimum absolute atomic E-state index is 0.228. The molecule has 5 nitrogen and oxygen atoms in total. The van der Waals surface area contributed by atoms with Gasteiger partial charge in [-0.2, -0.15) is 0 Å². The summed E-state index contributed by atoms with van der Waals surface area (Å²) in [7, 11) is 2.14. The molecule has 0 spiro atoms. The first kappa shape index (κ1) is 13.8. The van der Waals surface area contributed by atoms with E-state index in [1.54, 1.807) is 12.3 Å². The van der Waals surface area contributed by atoms with Crippen molar-refractivity contribution in [2.45, 2.75) is 19.8 Å². The van der Waals surface area contributed by atoms with Crippen LogP contribution in [0.5, 0.6) is 0 Å². The summed E-state index contributed by atoms with van der Waals surface area (Å²) in [6.45, 7) is 5.25. The van der Waals surface area contributed by atoms with Crippen LogP contribution in [0.4, 0.5) is 5.69 Å². The van der Waals surface area contributed by atoms with Crippen molar-refractivity contribution in [2.75, 3.05) is 32.0 Å². The van der Waals surface area contributed by atoms with Gasteiger partial charge in [-0.15, -0.1) is 0 Å². The molecule has 1 aliphatic rings. The van der Waals surface area contributed by atoms with E-state index in [4.69, 9.17) is 5.11 Å². The molecule has 0 atom stereocenters. The number of aromatic carboxylic acids is 1. The Kier molecular flexibility index (Phi) is 4.04. The number of carboxylic acid groups (broad SMARTS) is 1. The van der Waals surface area contributed by atoms with Crippen molar-refractivity contribution in [3.05, 3.63) is 24.0 Å². The van der Waals surface area contributed by atoms with E-state index in [-0.39, 0.29) is 11.0 Å². The van der Waals surface area contributed by atoms with Crippen LogP contribution in [0, 0.1) is 5.41 Å². The Hall–Kier alpha value is -1.62. The molecule has 0 amide bonds. The summed E-state index contributed by atoms with van der Waals surface area (Å²) in [5.41, 5.74) is 1.12. The van der Waals surface area contributed by atoms with Crippen LogP contribution >= 0.6 is 0 Å². The molecule has 1 saturated heterocycles. The number of pyridine rings is 1. The molecular formula is C14H21N3O2. The maximum atomic E-state index is 11.1. The lowest BCUT2D eigenvalue weighted by Gasteiger charge is -2.38. The number of rotatable bonds is 4. The number of piperidine rings is 1. The molecule has 0 aliphatic carbocycles. The Morgan fingerprint density at radius 2 is 2.21 bits per heavy atom. The van der Waals surface area contributed by atoms with Gasteiger partial charge in [0, 0.05) is 18.9 Å². The van der Waals surface area contributed by atoms with Gasteiger partial charge in [-0.05, 0) is 44.5 Å². The highest BCUT2D eigenvalue weighted by molar-refractivity contribution is 5.93. The normalized spacial score (nSPS) is 19.1. The van der Waals surface area contributed by atoms with E-state index in [0.717, 1.165) is 32.5 Å². The average Bonchev–Trinajstić information content (AvgIpc) is 2.41. The van der Waals surface area contributed by atoms with Crippen molar-refractivity contribution < 1.29 is 9.90 Å². The maximum absolute atomic E-state index is 11.1. The number of carboxylic acids is 1. The second-order valence-electron chi connectivity index (χ2n) is 5.69. The Morgan fingerprint density at radius 1 is 1.53 bits per heavy atom. The lowest BCUT2D eigenvalue weighted by molar-refractivity contribution is 0.0697. The molecule has 0 saturated carbocycles. The van der Waals surface area contributed by atoms with Crippen LogP contribution in [0.15, 0.2) is 18.5 Å². The molecule has 0 unspecified atom stereocenters. The van der Waals surface area contributed by atoms with E-state index >= 15 is 0 Å². The van der Waals surface area contributed by atoms with Gasteiger partial charge in [-0.3, -0.25) is 4.98 Å². The number of hydrogen-bond acceptors (Lipinski definition) is 4. The number of nitrogens with zero attached hydrogens (tertiary/aromatic N) is 2. The number of hydrogen-bond donors (Lipinski definition) is 2. The zero-order valence-electron chi connectivity index (χ0n) is 11.5. The number of nitrogens with one attached hydrogen (secondary N) is 1. The highest BCUT2D eigenvalue weighted by Gasteiger charge is 2.28. The van der Waals surface area contributed by atoms with Gasteiger partial charge >= 0.3 is 5.97 Å². The molecule has 19 heavy (non-hydrogen) atoms. The average molecular weight is 263 g/mol. The molecule has 0 aromatic carbocycles. The Bertz CT molecular complexity index is 454. The molecular weight excluding hydrogens is 242 g/mol. The maximum Gasteiger partial charge on any atom is 0.339 e. The van der Waals surface area contributed by atoms with Gasteiger partial charge in [0.2, 0.25) is 0 Å². The highest BCUT2D eigenvalue weighted by Crippen LogP contribution is 2.31. The van der Waals surface area contributed by atoms with Crippen molar-refractivity contribution in [3.63, 3.8) is 0 Å². The van der Waals surface area contributed by atoms with Gasteiger partial charge in [0.1, 0.15) is 5.56 Å². The number of anilines is 1. The van der Waals surface area contributed by atoms with Gasteiger partial charge in [-0.25, -0.2) is 4.79 Å². The third-order valence-electron chi connectivity index (χ3n) is 3.95. The minimum atomic E-state index is -0.941. The van der Waals surface area contributed by atoms with Crippen LogP contribution in [0.3, 0.4) is 0 Å². The number of carbonyl (C=O) groups is 1. The van der Waals surface area contributed by atoms with Gasteiger partial charge in [0.15, 0.2) is 0 Å². The summed E-state index contributed by atoms with van der Waals surface area (Å²) >= 11 is 0. The zero-order chi connectivity index (χ0) is 13.9. The smallest absolute Gasteiger partial charge is 0.339 e. The van der Waals surface area contributed by atoms with Gasteiger partial charge < -0.3 is 15.3 Å². The topological polar surface area (TPSA) is 65.5 Å². The van der Waals surface area contributed by atoms with Crippen LogP contribution in [-0.4, -0.2) is 47.6 Å². The summed E-state index contributed by atoms with van der Waals surface area (Å²) in [5.74, 6) is -0.941. The van der Waals surface area contributed by atoms with Crippen molar-refractivity contribution in [1.29, 1.82) is 0 Å². The Balaban J connectivity index is 2.01. The summed E-state index contributed by atoms with van der Waals surface area (Å²) in [6.07, 6.45) is 5.27. The fourth-order valence-corrected chi connectivity index (χ4v) is 2.36. The lowest BCUT2D eigenvalue weighted by atomic mass is 9.80. The van der Waals surface area contributed by atoms with E-state index in [2.05, 4.69) is 29.2 Å². The summed E-state index contributed by atoms with van der Waals surface area (Å²) in [5, 5.41) is 12.4. The van der Waals surface area contributed by atoms with Gasteiger partial charge in [0.25, 0.3) is 0 Å². The fraction of sp³-hybridized carbons (Fsp3) is 0.571. The second-order valence-corrected chi connectivity index (χ2v) is 5.69. The van der Waals surface area contributed by atoms with Crippen molar-refractivity contribution in [3.8, 4) is 0 Å². The summed E-state index contributed by atoms with van der Waals surface area (Å²) < 4.78 is 0. The molecule has 2 heterocycles.